The Hall–Kier alpha value is -2.37. The topological polar surface area (TPSA) is 49.9 Å². The Morgan fingerprint density at radius 1 is 1.07 bits per heavy atom. The quantitative estimate of drug-likeness (QED) is 0.797. The van der Waals surface area contributed by atoms with Crippen molar-refractivity contribution in [2.75, 3.05) is 31.1 Å². The van der Waals surface area contributed by atoms with Gasteiger partial charge < -0.3 is 14.5 Å². The molecule has 27 heavy (non-hydrogen) atoms. The van der Waals surface area contributed by atoms with E-state index in [0.29, 0.717) is 30.2 Å². The second-order valence-electron chi connectivity index (χ2n) is 7.13. The Kier molecular flexibility index (Phi) is 4.89. The lowest BCUT2D eigenvalue weighted by atomic mass is 9.90. The molecule has 1 unspecified atom stereocenters. The van der Waals surface area contributed by atoms with E-state index in [4.69, 9.17) is 16.3 Å². The Morgan fingerprint density at radius 3 is 2.67 bits per heavy atom. The van der Waals surface area contributed by atoms with E-state index in [2.05, 4.69) is 0 Å². The van der Waals surface area contributed by atoms with Crippen LogP contribution in [0, 0.1) is 0 Å². The van der Waals surface area contributed by atoms with Gasteiger partial charge >= 0.3 is 0 Å². The molecule has 2 saturated heterocycles. The predicted octanol–water partition coefficient (Wildman–Crippen LogP) is 3.38. The standard InChI is InChI=1S/C21H21ClN2O3/c22-17-7-4-6-16(12-17)20(26)23-11-5-10-21(14-23)15-24(19(25)13-27-21)18-8-2-1-3-9-18/h1-4,6-9,12H,5,10-11,13-15H2. The van der Waals surface area contributed by atoms with Crippen molar-refractivity contribution in [2.24, 2.45) is 0 Å². The van der Waals surface area contributed by atoms with Crippen molar-refractivity contribution >= 4 is 29.1 Å². The van der Waals surface area contributed by atoms with Crippen LogP contribution in [-0.2, 0) is 9.53 Å². The minimum Gasteiger partial charge on any atom is -0.361 e. The smallest absolute Gasteiger partial charge is 0.254 e. The SMILES string of the molecule is O=C(c1cccc(Cl)c1)N1CCCC2(C1)CN(c1ccccc1)C(=O)CO2. The van der Waals surface area contributed by atoms with Crippen molar-refractivity contribution in [3.63, 3.8) is 0 Å². The molecule has 2 amide bonds. The number of nitrogens with zero attached hydrogens (tertiary/aromatic N) is 2. The third kappa shape index (κ3) is 3.70. The maximum Gasteiger partial charge on any atom is 0.254 e. The van der Waals surface area contributed by atoms with Crippen LogP contribution >= 0.6 is 11.6 Å². The number of piperidine rings is 1. The molecule has 5 nitrogen and oxygen atoms in total. The first kappa shape index (κ1) is 18.0. The summed E-state index contributed by atoms with van der Waals surface area (Å²) in [5, 5.41) is 0.544. The Labute approximate surface area is 163 Å². The number of amides is 2. The van der Waals surface area contributed by atoms with Crippen molar-refractivity contribution < 1.29 is 14.3 Å². The summed E-state index contributed by atoms with van der Waals surface area (Å²) in [6.45, 7) is 1.63. The summed E-state index contributed by atoms with van der Waals surface area (Å²) in [6.07, 6.45) is 1.66. The van der Waals surface area contributed by atoms with E-state index < -0.39 is 5.60 Å². The van der Waals surface area contributed by atoms with Gasteiger partial charge in [0.15, 0.2) is 0 Å². The number of hydrogen-bond donors (Lipinski definition) is 0. The van der Waals surface area contributed by atoms with Crippen LogP contribution in [0.3, 0.4) is 0 Å². The molecule has 0 radical (unpaired) electrons. The molecule has 2 aromatic rings. The van der Waals surface area contributed by atoms with Crippen molar-refractivity contribution in [1.29, 1.82) is 0 Å². The van der Waals surface area contributed by atoms with E-state index in [1.54, 1.807) is 29.2 Å². The number of morpholine rings is 1. The summed E-state index contributed by atoms with van der Waals surface area (Å²) < 4.78 is 6.00. The molecule has 2 aliphatic rings. The molecule has 2 fully saturated rings. The number of benzene rings is 2. The number of hydrogen-bond acceptors (Lipinski definition) is 3. The van der Waals surface area contributed by atoms with Gasteiger partial charge in [-0.2, -0.15) is 0 Å². The third-order valence-corrected chi connectivity index (χ3v) is 5.45. The molecule has 4 rings (SSSR count). The van der Waals surface area contributed by atoms with Crippen LogP contribution in [0.2, 0.25) is 5.02 Å². The van der Waals surface area contributed by atoms with Gasteiger partial charge in [0.2, 0.25) is 0 Å². The van der Waals surface area contributed by atoms with Crippen molar-refractivity contribution in [2.45, 2.75) is 18.4 Å². The van der Waals surface area contributed by atoms with Crippen LogP contribution in [0.25, 0.3) is 0 Å². The fraction of sp³-hybridized carbons (Fsp3) is 0.333. The van der Waals surface area contributed by atoms with Crippen LogP contribution in [0.15, 0.2) is 54.6 Å². The summed E-state index contributed by atoms with van der Waals surface area (Å²) in [5.74, 6) is -0.103. The number of carbonyl (C=O) groups is 2. The monoisotopic (exact) mass is 384 g/mol. The molecule has 140 valence electrons. The zero-order chi connectivity index (χ0) is 18.9. The summed E-state index contributed by atoms with van der Waals surface area (Å²) >= 11 is 6.03. The van der Waals surface area contributed by atoms with Gasteiger partial charge in [-0.3, -0.25) is 9.59 Å². The van der Waals surface area contributed by atoms with Gasteiger partial charge in [-0.05, 0) is 43.2 Å². The third-order valence-electron chi connectivity index (χ3n) is 5.22. The molecule has 0 aromatic heterocycles. The van der Waals surface area contributed by atoms with Gasteiger partial charge in [0.05, 0.1) is 13.1 Å². The van der Waals surface area contributed by atoms with Crippen molar-refractivity contribution in [1.82, 2.24) is 4.90 Å². The second kappa shape index (κ2) is 7.33. The maximum absolute atomic E-state index is 12.9. The Balaban J connectivity index is 1.54. The fourth-order valence-corrected chi connectivity index (χ4v) is 4.07. The van der Waals surface area contributed by atoms with Gasteiger partial charge in [0.1, 0.15) is 12.2 Å². The highest BCUT2D eigenvalue weighted by Crippen LogP contribution is 2.32. The van der Waals surface area contributed by atoms with E-state index >= 15 is 0 Å². The lowest BCUT2D eigenvalue weighted by molar-refractivity contribution is -0.144. The second-order valence-corrected chi connectivity index (χ2v) is 7.56. The summed E-state index contributed by atoms with van der Waals surface area (Å²) in [5.41, 5.74) is 0.908. The van der Waals surface area contributed by atoms with E-state index in [-0.39, 0.29) is 18.4 Å². The molecule has 1 spiro atoms. The van der Waals surface area contributed by atoms with Crippen LogP contribution in [0.4, 0.5) is 5.69 Å². The summed E-state index contributed by atoms with van der Waals surface area (Å²) in [4.78, 5) is 28.9. The highest BCUT2D eigenvalue weighted by atomic mass is 35.5. The van der Waals surface area contributed by atoms with E-state index in [9.17, 15) is 9.59 Å². The average molecular weight is 385 g/mol. The van der Waals surface area contributed by atoms with Crippen molar-refractivity contribution in [3.05, 3.63) is 65.2 Å². The highest BCUT2D eigenvalue weighted by Gasteiger charge is 2.44. The fourth-order valence-electron chi connectivity index (χ4n) is 3.88. The van der Waals surface area contributed by atoms with E-state index in [1.807, 2.05) is 35.2 Å². The van der Waals surface area contributed by atoms with E-state index in [0.717, 1.165) is 18.5 Å². The molecule has 1 atom stereocenters. The van der Waals surface area contributed by atoms with Crippen LogP contribution in [0.1, 0.15) is 23.2 Å². The first-order chi connectivity index (χ1) is 13.1. The largest absolute Gasteiger partial charge is 0.361 e. The highest BCUT2D eigenvalue weighted by molar-refractivity contribution is 6.30. The lowest BCUT2D eigenvalue weighted by Gasteiger charge is -2.47. The number of para-hydroxylation sites is 1. The number of ether oxygens (including phenoxy) is 1. The summed E-state index contributed by atoms with van der Waals surface area (Å²) in [7, 11) is 0. The minimum atomic E-state index is -0.532. The van der Waals surface area contributed by atoms with Crippen LogP contribution in [-0.4, -0.2) is 48.6 Å². The first-order valence-electron chi connectivity index (χ1n) is 9.11. The van der Waals surface area contributed by atoms with Gasteiger partial charge in [0.25, 0.3) is 11.8 Å². The summed E-state index contributed by atoms with van der Waals surface area (Å²) in [6, 6.07) is 16.6. The predicted molar refractivity (Wildman–Crippen MR) is 104 cm³/mol. The lowest BCUT2D eigenvalue weighted by Crippen LogP contribution is -2.62. The van der Waals surface area contributed by atoms with Gasteiger partial charge in [-0.1, -0.05) is 35.9 Å². The maximum atomic E-state index is 12.9. The average Bonchev–Trinajstić information content (AvgIpc) is 2.70. The van der Waals surface area contributed by atoms with E-state index in [1.165, 1.54) is 0 Å². The Bertz CT molecular complexity index is 858. The minimum absolute atomic E-state index is 0.0358. The zero-order valence-corrected chi connectivity index (χ0v) is 15.7. The number of likely N-dealkylation sites (tertiary alicyclic amines) is 1. The molecule has 6 heteroatoms. The normalized spacial score (nSPS) is 22.9. The number of carbonyl (C=O) groups excluding carboxylic acids is 2. The van der Waals surface area contributed by atoms with Gasteiger partial charge in [0, 0.05) is 22.8 Å². The first-order valence-corrected chi connectivity index (χ1v) is 9.48. The van der Waals surface area contributed by atoms with Crippen molar-refractivity contribution in [3.8, 4) is 0 Å². The molecule has 2 aromatic carbocycles. The molecule has 0 saturated carbocycles. The molecule has 0 bridgehead atoms. The molecular formula is C21H21ClN2O3. The van der Waals surface area contributed by atoms with Gasteiger partial charge in [-0.25, -0.2) is 0 Å². The van der Waals surface area contributed by atoms with Crippen LogP contribution in [0.5, 0.6) is 0 Å². The number of halogens is 1. The number of rotatable bonds is 2. The molecule has 2 aliphatic heterocycles. The van der Waals surface area contributed by atoms with Gasteiger partial charge in [-0.15, -0.1) is 0 Å². The molecular weight excluding hydrogens is 364 g/mol. The molecule has 2 heterocycles. The number of anilines is 1. The zero-order valence-electron chi connectivity index (χ0n) is 14.9. The molecule has 0 aliphatic carbocycles. The van der Waals surface area contributed by atoms with Crippen LogP contribution < -0.4 is 4.90 Å². The molecule has 0 N–H and O–H groups in total. The Morgan fingerprint density at radius 2 is 1.89 bits per heavy atom.